The predicted molar refractivity (Wildman–Crippen MR) is 72.8 cm³/mol. The third-order valence-electron chi connectivity index (χ3n) is 1.82. The molecule has 0 heterocycles. The Morgan fingerprint density at radius 2 is 2.17 bits per heavy atom. The Balaban J connectivity index is 2.89. The summed E-state index contributed by atoms with van der Waals surface area (Å²) in [6.45, 7) is 1.46. The summed E-state index contributed by atoms with van der Waals surface area (Å²) in [6.07, 6.45) is 0. The molecule has 1 aromatic carbocycles. The molecule has 0 saturated carbocycles. The van der Waals surface area contributed by atoms with Crippen LogP contribution in [-0.2, 0) is 14.8 Å². The summed E-state index contributed by atoms with van der Waals surface area (Å²) in [5, 5.41) is 5.00. The summed E-state index contributed by atoms with van der Waals surface area (Å²) in [4.78, 5) is 10.5. The molecule has 4 nitrogen and oxygen atoms in total. The maximum atomic E-state index is 11.1. The van der Waals surface area contributed by atoms with Crippen molar-refractivity contribution in [2.24, 2.45) is 5.14 Å². The monoisotopic (exact) mass is 303 g/mol. The number of halogens is 1. The van der Waals surface area contributed by atoms with Gasteiger partial charge in [0.25, 0.3) is 0 Å². The minimum atomic E-state index is -3.82. The highest BCUT2D eigenvalue weighted by molar-refractivity contribution is 8.13. The molecule has 0 atom stereocenters. The fraction of sp³-hybridized carbons (Fsp3) is 0.182. The number of carbonyl (C=O) groups excluding carboxylic acids is 1. The average molecular weight is 304 g/mol. The second kappa shape index (κ2) is 6.25. The summed E-state index contributed by atoms with van der Waals surface area (Å²) in [5.41, 5.74) is 0.566. The van der Waals surface area contributed by atoms with Crippen LogP contribution in [-0.4, -0.2) is 19.3 Å². The molecule has 96 valence electrons. The lowest BCUT2D eigenvalue weighted by Gasteiger charge is -2.01. The van der Waals surface area contributed by atoms with Crippen LogP contribution in [0.3, 0.4) is 0 Å². The number of primary sulfonamides is 1. The molecule has 1 aromatic rings. The largest absolute Gasteiger partial charge is 0.288 e. The van der Waals surface area contributed by atoms with Gasteiger partial charge in [-0.1, -0.05) is 35.2 Å². The molecular formula is C11H10ClNO3S2. The highest BCUT2D eigenvalue weighted by Crippen LogP contribution is 2.21. The minimum Gasteiger partial charge on any atom is -0.288 e. The van der Waals surface area contributed by atoms with Gasteiger partial charge in [-0.2, -0.15) is 0 Å². The van der Waals surface area contributed by atoms with Crippen molar-refractivity contribution in [1.82, 2.24) is 0 Å². The van der Waals surface area contributed by atoms with E-state index in [1.165, 1.54) is 25.1 Å². The minimum absolute atomic E-state index is 0.00749. The molecule has 0 aliphatic carbocycles. The lowest BCUT2D eigenvalue weighted by atomic mass is 10.2. The van der Waals surface area contributed by atoms with Gasteiger partial charge in [0, 0.05) is 12.5 Å². The Labute approximate surface area is 115 Å². The zero-order valence-electron chi connectivity index (χ0n) is 9.44. The van der Waals surface area contributed by atoms with E-state index in [9.17, 15) is 13.2 Å². The molecule has 18 heavy (non-hydrogen) atoms. The van der Waals surface area contributed by atoms with Crippen molar-refractivity contribution in [1.29, 1.82) is 0 Å². The Bertz CT molecular complexity index is 629. The van der Waals surface area contributed by atoms with E-state index in [2.05, 4.69) is 11.8 Å². The first kappa shape index (κ1) is 15.1. The molecule has 0 aromatic heterocycles. The molecule has 0 unspecified atom stereocenters. The Hall–Kier alpha value is -1.00. The molecule has 0 radical (unpaired) electrons. The molecule has 0 amide bonds. The van der Waals surface area contributed by atoms with Crippen molar-refractivity contribution in [2.45, 2.75) is 11.8 Å². The highest BCUT2D eigenvalue weighted by atomic mass is 35.5. The molecule has 1 rings (SSSR count). The van der Waals surface area contributed by atoms with Crippen molar-refractivity contribution in [3.05, 3.63) is 28.8 Å². The zero-order chi connectivity index (χ0) is 13.8. The normalized spacial score (nSPS) is 10.6. The van der Waals surface area contributed by atoms with Crippen LogP contribution in [0.5, 0.6) is 0 Å². The second-order valence-electron chi connectivity index (χ2n) is 3.27. The molecule has 0 aliphatic heterocycles. The van der Waals surface area contributed by atoms with Gasteiger partial charge in [-0.15, -0.1) is 0 Å². The highest BCUT2D eigenvalue weighted by Gasteiger charge is 2.12. The number of sulfonamides is 1. The van der Waals surface area contributed by atoms with Crippen LogP contribution in [0.2, 0.25) is 5.02 Å². The van der Waals surface area contributed by atoms with Gasteiger partial charge in [0.1, 0.15) is 4.90 Å². The lowest BCUT2D eigenvalue weighted by Crippen LogP contribution is -2.12. The first-order chi connectivity index (χ1) is 8.30. The van der Waals surface area contributed by atoms with Gasteiger partial charge in [0.15, 0.2) is 5.12 Å². The molecule has 0 saturated heterocycles. The van der Waals surface area contributed by atoms with Crippen molar-refractivity contribution < 1.29 is 13.2 Å². The van der Waals surface area contributed by atoms with Gasteiger partial charge >= 0.3 is 0 Å². The topological polar surface area (TPSA) is 77.2 Å². The smallest absolute Gasteiger partial charge is 0.239 e. The van der Waals surface area contributed by atoms with Crippen LogP contribution < -0.4 is 5.14 Å². The van der Waals surface area contributed by atoms with Crippen molar-refractivity contribution in [3.8, 4) is 11.8 Å². The number of hydrogen-bond acceptors (Lipinski definition) is 4. The molecular weight excluding hydrogens is 294 g/mol. The maximum Gasteiger partial charge on any atom is 0.239 e. The predicted octanol–water partition coefficient (Wildman–Crippen LogP) is 1.62. The molecule has 2 N–H and O–H groups in total. The van der Waals surface area contributed by atoms with E-state index in [0.29, 0.717) is 11.3 Å². The summed E-state index contributed by atoms with van der Waals surface area (Å²) in [6, 6.07) is 4.24. The standard InChI is InChI=1S/C11H10ClNO3S2/c1-8(14)17-6-2-3-9-4-5-11(10(12)7-9)18(13,15)16/h4-5,7H,6H2,1H3,(H2,13,15,16). The van der Waals surface area contributed by atoms with Gasteiger partial charge in [0.05, 0.1) is 10.8 Å². The van der Waals surface area contributed by atoms with E-state index >= 15 is 0 Å². The lowest BCUT2D eigenvalue weighted by molar-refractivity contribution is -0.109. The first-order valence-corrected chi connectivity index (χ1v) is 7.66. The van der Waals surface area contributed by atoms with E-state index in [4.69, 9.17) is 16.7 Å². The van der Waals surface area contributed by atoms with Gasteiger partial charge in [-0.05, 0) is 18.2 Å². The quantitative estimate of drug-likeness (QED) is 0.842. The molecule has 0 aliphatic rings. The Morgan fingerprint density at radius 3 is 2.67 bits per heavy atom. The van der Waals surface area contributed by atoms with Crippen LogP contribution in [0, 0.1) is 11.8 Å². The van der Waals surface area contributed by atoms with Crippen LogP contribution in [0.4, 0.5) is 0 Å². The molecule has 0 spiro atoms. The second-order valence-corrected chi connectivity index (χ2v) is 6.36. The number of nitrogens with two attached hydrogens (primary N) is 1. The van der Waals surface area contributed by atoms with Crippen LogP contribution in [0.15, 0.2) is 23.1 Å². The van der Waals surface area contributed by atoms with Crippen LogP contribution in [0.1, 0.15) is 12.5 Å². The number of benzene rings is 1. The number of thioether (sulfide) groups is 1. The van der Waals surface area contributed by atoms with Gasteiger partial charge in [0.2, 0.25) is 10.0 Å². The van der Waals surface area contributed by atoms with Gasteiger partial charge in [-0.3, -0.25) is 4.79 Å². The first-order valence-electron chi connectivity index (χ1n) is 4.75. The van der Waals surface area contributed by atoms with Gasteiger partial charge < -0.3 is 0 Å². The van der Waals surface area contributed by atoms with E-state index in [-0.39, 0.29) is 15.0 Å². The van der Waals surface area contributed by atoms with Gasteiger partial charge in [-0.25, -0.2) is 13.6 Å². The van der Waals surface area contributed by atoms with E-state index in [1.54, 1.807) is 0 Å². The van der Waals surface area contributed by atoms with Crippen LogP contribution >= 0.6 is 23.4 Å². The third kappa shape index (κ3) is 4.70. The average Bonchev–Trinajstić information content (AvgIpc) is 2.22. The fourth-order valence-corrected chi connectivity index (χ4v) is 2.52. The number of carbonyl (C=O) groups is 1. The Morgan fingerprint density at radius 1 is 1.50 bits per heavy atom. The van der Waals surface area contributed by atoms with Crippen molar-refractivity contribution in [2.75, 3.05) is 5.75 Å². The van der Waals surface area contributed by atoms with E-state index in [1.807, 2.05) is 0 Å². The Kier molecular flexibility index (Phi) is 5.23. The summed E-state index contributed by atoms with van der Waals surface area (Å²) in [7, 11) is -3.82. The summed E-state index contributed by atoms with van der Waals surface area (Å²) < 4.78 is 22.2. The number of hydrogen-bond donors (Lipinski definition) is 1. The summed E-state index contributed by atoms with van der Waals surface area (Å²) >= 11 is 6.89. The van der Waals surface area contributed by atoms with E-state index < -0.39 is 10.0 Å². The SMILES string of the molecule is CC(=O)SCC#Cc1ccc(S(N)(=O)=O)c(Cl)c1. The fourth-order valence-electron chi connectivity index (χ4n) is 1.09. The molecule has 0 bridgehead atoms. The summed E-state index contributed by atoms with van der Waals surface area (Å²) in [5.74, 6) is 5.93. The van der Waals surface area contributed by atoms with Crippen molar-refractivity contribution >= 4 is 38.5 Å². The molecule has 7 heteroatoms. The van der Waals surface area contributed by atoms with E-state index in [0.717, 1.165) is 11.8 Å². The molecule has 0 fully saturated rings. The third-order valence-corrected chi connectivity index (χ3v) is 3.91. The van der Waals surface area contributed by atoms with Crippen LogP contribution in [0.25, 0.3) is 0 Å². The number of rotatable bonds is 2. The zero-order valence-corrected chi connectivity index (χ0v) is 11.8. The maximum absolute atomic E-state index is 11.1. The van der Waals surface area contributed by atoms with Crippen molar-refractivity contribution in [3.63, 3.8) is 0 Å².